The van der Waals surface area contributed by atoms with Crippen LogP contribution < -0.4 is 10.1 Å². The zero-order valence-electron chi connectivity index (χ0n) is 10.4. The molecule has 0 aromatic heterocycles. The Bertz CT molecular complexity index is 391. The number of nitrogens with one attached hydrogen (secondary N) is 1. The van der Waals surface area contributed by atoms with E-state index in [-0.39, 0.29) is 6.61 Å². The van der Waals surface area contributed by atoms with Crippen LogP contribution in [-0.4, -0.2) is 25.9 Å². The summed E-state index contributed by atoms with van der Waals surface area (Å²) in [5, 5.41) is 11.9. The van der Waals surface area contributed by atoms with E-state index < -0.39 is 0 Å². The fraction of sp³-hybridized carbons (Fsp3) is 0.500. The molecule has 1 aromatic carbocycles. The van der Waals surface area contributed by atoms with Gasteiger partial charge in [-0.05, 0) is 30.5 Å². The number of nitrogens with zero attached hydrogens (tertiary/aromatic N) is 1. The Hall–Kier alpha value is -1.57. The van der Waals surface area contributed by atoms with E-state index >= 15 is 0 Å². The van der Waals surface area contributed by atoms with Crippen LogP contribution in [0.1, 0.15) is 18.4 Å². The monoisotopic (exact) mass is 246 g/mol. The van der Waals surface area contributed by atoms with Crippen molar-refractivity contribution in [1.29, 1.82) is 5.26 Å². The minimum absolute atomic E-state index is 0.0969. The number of ether oxygens (including phenoxy) is 2. The molecule has 1 aliphatic rings. The van der Waals surface area contributed by atoms with E-state index in [9.17, 15) is 0 Å². The van der Waals surface area contributed by atoms with Crippen LogP contribution in [0.15, 0.2) is 24.3 Å². The topological polar surface area (TPSA) is 54.3 Å². The lowest BCUT2D eigenvalue weighted by molar-refractivity contribution is 0.0776. The first-order valence-corrected chi connectivity index (χ1v) is 6.28. The molecule has 0 saturated carbocycles. The predicted molar refractivity (Wildman–Crippen MR) is 68.2 cm³/mol. The molecule has 1 aliphatic heterocycles. The van der Waals surface area contributed by atoms with E-state index in [2.05, 4.69) is 5.32 Å². The third-order valence-electron chi connectivity index (χ3n) is 3.04. The highest BCUT2D eigenvalue weighted by Gasteiger charge is 2.12. The van der Waals surface area contributed by atoms with Crippen molar-refractivity contribution < 1.29 is 9.47 Å². The minimum atomic E-state index is 0.0969. The summed E-state index contributed by atoms with van der Waals surface area (Å²) in [4.78, 5) is 0. The number of rotatable bonds is 5. The van der Waals surface area contributed by atoms with Gasteiger partial charge in [0.15, 0.2) is 6.61 Å². The average molecular weight is 246 g/mol. The molecule has 0 radical (unpaired) electrons. The second-order valence-electron chi connectivity index (χ2n) is 4.36. The molecule has 2 rings (SSSR count). The Kier molecular flexibility index (Phi) is 5.00. The van der Waals surface area contributed by atoms with E-state index in [1.54, 1.807) is 0 Å². The zero-order valence-corrected chi connectivity index (χ0v) is 10.4. The van der Waals surface area contributed by atoms with Gasteiger partial charge < -0.3 is 14.8 Å². The summed E-state index contributed by atoms with van der Waals surface area (Å²) in [6, 6.07) is 10.4. The highest BCUT2D eigenvalue weighted by Crippen LogP contribution is 2.13. The van der Waals surface area contributed by atoms with Crippen molar-refractivity contribution in [3.05, 3.63) is 29.8 Å². The molecule has 96 valence electrons. The van der Waals surface area contributed by atoms with Crippen LogP contribution in [-0.2, 0) is 11.3 Å². The largest absolute Gasteiger partial charge is 0.479 e. The normalized spacial score (nSPS) is 16.2. The second kappa shape index (κ2) is 7.00. The van der Waals surface area contributed by atoms with Gasteiger partial charge in [0.05, 0.1) is 0 Å². The molecular weight excluding hydrogens is 228 g/mol. The third-order valence-corrected chi connectivity index (χ3v) is 3.04. The number of hydrogen-bond acceptors (Lipinski definition) is 4. The first-order chi connectivity index (χ1) is 8.88. The minimum Gasteiger partial charge on any atom is -0.479 e. The second-order valence-corrected chi connectivity index (χ2v) is 4.36. The Balaban J connectivity index is 1.77. The Morgan fingerprint density at radius 1 is 1.28 bits per heavy atom. The highest BCUT2D eigenvalue weighted by molar-refractivity contribution is 5.27. The van der Waals surface area contributed by atoms with E-state index in [1.165, 1.54) is 5.56 Å². The van der Waals surface area contributed by atoms with Crippen molar-refractivity contribution in [3.63, 3.8) is 0 Å². The third kappa shape index (κ3) is 4.02. The van der Waals surface area contributed by atoms with Gasteiger partial charge in [-0.2, -0.15) is 5.26 Å². The molecule has 4 nitrogen and oxygen atoms in total. The lowest BCUT2D eigenvalue weighted by atomic mass is 10.1. The van der Waals surface area contributed by atoms with Crippen molar-refractivity contribution in [3.8, 4) is 11.8 Å². The Morgan fingerprint density at radius 3 is 2.67 bits per heavy atom. The van der Waals surface area contributed by atoms with Crippen molar-refractivity contribution >= 4 is 0 Å². The van der Waals surface area contributed by atoms with Crippen LogP contribution in [0, 0.1) is 11.3 Å². The molecule has 1 saturated heterocycles. The first kappa shape index (κ1) is 12.9. The van der Waals surface area contributed by atoms with Crippen molar-refractivity contribution in [1.82, 2.24) is 5.32 Å². The van der Waals surface area contributed by atoms with Gasteiger partial charge in [0.25, 0.3) is 0 Å². The molecule has 0 bridgehead atoms. The van der Waals surface area contributed by atoms with Crippen LogP contribution >= 0.6 is 0 Å². The van der Waals surface area contributed by atoms with Gasteiger partial charge in [-0.25, -0.2) is 0 Å². The maximum atomic E-state index is 8.42. The summed E-state index contributed by atoms with van der Waals surface area (Å²) in [5.74, 6) is 0.742. The fourth-order valence-corrected chi connectivity index (χ4v) is 1.98. The standard InChI is InChI=1S/C14H18N2O2/c15-7-10-18-14-3-1-12(2-4-14)11-16-13-5-8-17-9-6-13/h1-4,13,16H,5-6,8-11H2. The van der Waals surface area contributed by atoms with Crippen LogP contribution in [0.3, 0.4) is 0 Å². The molecule has 0 amide bonds. The van der Waals surface area contributed by atoms with Gasteiger partial charge in [0, 0.05) is 25.8 Å². The molecule has 0 atom stereocenters. The van der Waals surface area contributed by atoms with E-state index in [0.29, 0.717) is 6.04 Å². The van der Waals surface area contributed by atoms with Crippen molar-refractivity contribution in [2.24, 2.45) is 0 Å². The van der Waals surface area contributed by atoms with Gasteiger partial charge in [0.2, 0.25) is 0 Å². The molecule has 0 unspecified atom stereocenters. The van der Waals surface area contributed by atoms with Crippen LogP contribution in [0.4, 0.5) is 0 Å². The van der Waals surface area contributed by atoms with Gasteiger partial charge in [-0.3, -0.25) is 0 Å². The van der Waals surface area contributed by atoms with Crippen LogP contribution in [0.2, 0.25) is 0 Å². The van der Waals surface area contributed by atoms with Gasteiger partial charge in [0.1, 0.15) is 11.8 Å². The average Bonchev–Trinajstić information content (AvgIpc) is 2.45. The van der Waals surface area contributed by atoms with Crippen molar-refractivity contribution in [2.75, 3.05) is 19.8 Å². The molecule has 18 heavy (non-hydrogen) atoms. The molecule has 1 aromatic rings. The zero-order chi connectivity index (χ0) is 12.6. The lowest BCUT2D eigenvalue weighted by Gasteiger charge is -2.23. The van der Waals surface area contributed by atoms with Crippen molar-refractivity contribution in [2.45, 2.75) is 25.4 Å². The Morgan fingerprint density at radius 2 is 2.00 bits per heavy atom. The van der Waals surface area contributed by atoms with E-state index in [1.807, 2.05) is 30.3 Å². The summed E-state index contributed by atoms with van der Waals surface area (Å²) >= 11 is 0. The lowest BCUT2D eigenvalue weighted by Crippen LogP contribution is -2.34. The molecule has 1 fully saturated rings. The molecular formula is C14H18N2O2. The van der Waals surface area contributed by atoms with Crippen LogP contribution in [0.25, 0.3) is 0 Å². The number of benzene rings is 1. The van der Waals surface area contributed by atoms with E-state index in [0.717, 1.165) is 38.3 Å². The number of hydrogen-bond donors (Lipinski definition) is 1. The quantitative estimate of drug-likeness (QED) is 0.861. The Labute approximate surface area is 108 Å². The highest BCUT2D eigenvalue weighted by atomic mass is 16.5. The number of nitriles is 1. The molecule has 0 aliphatic carbocycles. The fourth-order valence-electron chi connectivity index (χ4n) is 1.98. The first-order valence-electron chi connectivity index (χ1n) is 6.28. The molecule has 4 heteroatoms. The maximum absolute atomic E-state index is 8.42. The summed E-state index contributed by atoms with van der Waals surface area (Å²) in [6.07, 6.45) is 2.17. The smallest absolute Gasteiger partial charge is 0.174 e. The predicted octanol–water partition coefficient (Wildman–Crippen LogP) is 1.86. The molecule has 1 N–H and O–H groups in total. The molecule has 1 heterocycles. The van der Waals surface area contributed by atoms with Crippen LogP contribution in [0.5, 0.6) is 5.75 Å². The van der Waals surface area contributed by atoms with Gasteiger partial charge in [-0.1, -0.05) is 12.1 Å². The summed E-state index contributed by atoms with van der Waals surface area (Å²) < 4.78 is 10.5. The summed E-state index contributed by atoms with van der Waals surface area (Å²) in [5.41, 5.74) is 1.23. The SMILES string of the molecule is N#CCOc1ccc(CNC2CCOCC2)cc1. The van der Waals surface area contributed by atoms with E-state index in [4.69, 9.17) is 14.7 Å². The van der Waals surface area contributed by atoms with Gasteiger partial charge >= 0.3 is 0 Å². The maximum Gasteiger partial charge on any atom is 0.174 e. The van der Waals surface area contributed by atoms with Gasteiger partial charge in [-0.15, -0.1) is 0 Å². The summed E-state index contributed by atoms with van der Waals surface area (Å²) in [6.45, 7) is 2.68. The molecule has 0 spiro atoms. The summed E-state index contributed by atoms with van der Waals surface area (Å²) in [7, 11) is 0.